The van der Waals surface area contributed by atoms with E-state index in [9.17, 15) is 14.7 Å². The molecule has 1 aromatic heterocycles. The maximum atomic E-state index is 12.5. The minimum Gasteiger partial charge on any atom is -0.477 e. The number of hydrazone groups is 1. The maximum absolute atomic E-state index is 12.5. The Morgan fingerprint density at radius 1 is 1.14 bits per heavy atom. The van der Waals surface area contributed by atoms with Gasteiger partial charge in [0.1, 0.15) is 11.3 Å². The number of hydrogen-bond acceptors (Lipinski definition) is 5. The smallest absolute Gasteiger partial charge is 0.342 e. The van der Waals surface area contributed by atoms with Gasteiger partial charge in [-0.05, 0) is 43.0 Å². The standard InChI is InChI=1S/C22H20N4O3/c1-14-7-12-19(20-23-13-18(22(28)29)21(27)26(14)20)25-24-17-10-8-16(9-11-17)15-5-3-2-4-6-15/h2-6,8-11,13-14,24H,7,12H2,1H3,(H,28,29). The number of carboxylic acids is 1. The highest BCUT2D eigenvalue weighted by molar-refractivity contribution is 5.99. The van der Waals surface area contributed by atoms with Crippen LogP contribution in [0.2, 0.25) is 0 Å². The molecule has 2 heterocycles. The van der Waals surface area contributed by atoms with Crippen LogP contribution in [0.4, 0.5) is 5.69 Å². The number of benzene rings is 2. The van der Waals surface area contributed by atoms with Gasteiger partial charge < -0.3 is 5.11 Å². The van der Waals surface area contributed by atoms with Crippen LogP contribution in [0, 0.1) is 0 Å². The van der Waals surface area contributed by atoms with Crippen molar-refractivity contribution >= 4 is 17.4 Å². The van der Waals surface area contributed by atoms with Crippen LogP contribution < -0.4 is 11.0 Å². The van der Waals surface area contributed by atoms with Crippen molar-refractivity contribution in [2.45, 2.75) is 25.8 Å². The largest absolute Gasteiger partial charge is 0.477 e. The highest BCUT2D eigenvalue weighted by Crippen LogP contribution is 2.23. The van der Waals surface area contributed by atoms with Crippen molar-refractivity contribution in [2.75, 3.05) is 5.43 Å². The number of rotatable bonds is 4. The van der Waals surface area contributed by atoms with Gasteiger partial charge in [0, 0.05) is 12.2 Å². The minimum absolute atomic E-state index is 0.131. The van der Waals surface area contributed by atoms with Gasteiger partial charge in [-0.1, -0.05) is 42.5 Å². The van der Waals surface area contributed by atoms with E-state index >= 15 is 0 Å². The van der Waals surface area contributed by atoms with Crippen LogP contribution >= 0.6 is 0 Å². The van der Waals surface area contributed by atoms with Gasteiger partial charge in [-0.15, -0.1) is 0 Å². The van der Waals surface area contributed by atoms with E-state index < -0.39 is 11.5 Å². The van der Waals surface area contributed by atoms with Crippen molar-refractivity contribution < 1.29 is 9.90 Å². The van der Waals surface area contributed by atoms with Crippen LogP contribution in [-0.4, -0.2) is 26.3 Å². The summed E-state index contributed by atoms with van der Waals surface area (Å²) in [5.74, 6) is -0.863. The van der Waals surface area contributed by atoms with E-state index in [1.165, 1.54) is 4.57 Å². The molecular weight excluding hydrogens is 368 g/mol. The van der Waals surface area contributed by atoms with Crippen LogP contribution in [0.15, 0.2) is 70.7 Å². The molecular formula is C22H20N4O3. The summed E-state index contributed by atoms with van der Waals surface area (Å²) in [6, 6.07) is 17.9. The van der Waals surface area contributed by atoms with E-state index in [2.05, 4.69) is 27.6 Å². The third kappa shape index (κ3) is 3.67. The van der Waals surface area contributed by atoms with Gasteiger partial charge in [-0.2, -0.15) is 5.10 Å². The first-order valence-electron chi connectivity index (χ1n) is 9.38. The molecule has 0 fully saturated rings. The van der Waals surface area contributed by atoms with Gasteiger partial charge in [0.25, 0.3) is 5.56 Å². The molecule has 1 aliphatic heterocycles. The molecule has 1 unspecified atom stereocenters. The lowest BCUT2D eigenvalue weighted by molar-refractivity contribution is 0.0693. The second-order valence-electron chi connectivity index (χ2n) is 6.98. The Morgan fingerprint density at radius 3 is 2.52 bits per heavy atom. The molecule has 0 spiro atoms. The molecule has 0 aliphatic carbocycles. The number of fused-ring (bicyclic) bond motifs is 1. The first kappa shape index (κ1) is 18.6. The van der Waals surface area contributed by atoms with E-state index in [4.69, 9.17) is 0 Å². The fourth-order valence-corrected chi connectivity index (χ4v) is 3.43. The number of nitrogens with zero attached hydrogens (tertiary/aromatic N) is 3. The summed E-state index contributed by atoms with van der Waals surface area (Å²) in [5, 5.41) is 13.6. The van der Waals surface area contributed by atoms with Gasteiger partial charge in [-0.25, -0.2) is 9.78 Å². The number of carbonyl (C=O) groups is 1. The molecule has 29 heavy (non-hydrogen) atoms. The summed E-state index contributed by atoms with van der Waals surface area (Å²) in [5.41, 5.74) is 5.83. The zero-order valence-corrected chi connectivity index (χ0v) is 15.9. The predicted octanol–water partition coefficient (Wildman–Crippen LogP) is 3.78. The lowest BCUT2D eigenvalue weighted by Gasteiger charge is -2.25. The second kappa shape index (κ2) is 7.71. The first-order chi connectivity index (χ1) is 14.0. The van der Waals surface area contributed by atoms with E-state index in [1.54, 1.807) is 0 Å². The number of nitrogens with one attached hydrogen (secondary N) is 1. The third-order valence-corrected chi connectivity index (χ3v) is 5.03. The quantitative estimate of drug-likeness (QED) is 0.663. The van der Waals surface area contributed by atoms with Crippen molar-refractivity contribution in [1.29, 1.82) is 0 Å². The fraction of sp³-hybridized carbons (Fsp3) is 0.182. The SMILES string of the molecule is CC1CCC(=NNc2ccc(-c3ccccc3)cc2)c2ncc(C(=O)O)c(=O)n21. The third-order valence-electron chi connectivity index (χ3n) is 5.03. The van der Waals surface area contributed by atoms with E-state index in [0.717, 1.165) is 23.0 Å². The van der Waals surface area contributed by atoms with Crippen LogP contribution in [-0.2, 0) is 0 Å². The van der Waals surface area contributed by atoms with Gasteiger partial charge in [0.05, 0.1) is 5.69 Å². The average Bonchev–Trinajstić information content (AvgIpc) is 2.74. The number of hydrogen-bond donors (Lipinski definition) is 2. The summed E-state index contributed by atoms with van der Waals surface area (Å²) in [6.07, 6.45) is 2.44. The van der Waals surface area contributed by atoms with Gasteiger partial charge in [0.15, 0.2) is 5.82 Å². The fourth-order valence-electron chi connectivity index (χ4n) is 3.43. The number of aromatic carboxylic acids is 1. The van der Waals surface area contributed by atoms with Crippen LogP contribution in [0.25, 0.3) is 11.1 Å². The second-order valence-corrected chi connectivity index (χ2v) is 6.98. The Morgan fingerprint density at radius 2 is 1.83 bits per heavy atom. The molecule has 4 rings (SSSR count). The lowest BCUT2D eigenvalue weighted by atomic mass is 10.0. The van der Waals surface area contributed by atoms with Gasteiger partial charge >= 0.3 is 5.97 Å². The van der Waals surface area contributed by atoms with Crippen LogP contribution in [0.1, 0.15) is 42.0 Å². The monoisotopic (exact) mass is 388 g/mol. The molecule has 7 nitrogen and oxygen atoms in total. The molecule has 0 saturated carbocycles. The molecule has 2 aromatic carbocycles. The van der Waals surface area contributed by atoms with E-state index in [0.29, 0.717) is 24.4 Å². The Balaban J connectivity index is 1.60. The van der Waals surface area contributed by atoms with Crippen molar-refractivity contribution in [1.82, 2.24) is 9.55 Å². The first-order valence-corrected chi connectivity index (χ1v) is 9.38. The summed E-state index contributed by atoms with van der Waals surface area (Å²) in [7, 11) is 0. The number of carboxylic acid groups (broad SMARTS) is 1. The number of anilines is 1. The van der Waals surface area contributed by atoms with Gasteiger partial charge in [0.2, 0.25) is 0 Å². The zero-order chi connectivity index (χ0) is 20.4. The van der Waals surface area contributed by atoms with Gasteiger partial charge in [-0.3, -0.25) is 14.8 Å². The minimum atomic E-state index is -1.27. The van der Waals surface area contributed by atoms with Crippen molar-refractivity contribution in [3.63, 3.8) is 0 Å². The molecule has 146 valence electrons. The maximum Gasteiger partial charge on any atom is 0.342 e. The predicted molar refractivity (Wildman–Crippen MR) is 111 cm³/mol. The molecule has 0 amide bonds. The van der Waals surface area contributed by atoms with Crippen molar-refractivity contribution in [2.24, 2.45) is 5.10 Å². The van der Waals surface area contributed by atoms with Crippen molar-refractivity contribution in [3.8, 4) is 11.1 Å². The summed E-state index contributed by atoms with van der Waals surface area (Å²) in [6.45, 7) is 1.88. The highest BCUT2D eigenvalue weighted by Gasteiger charge is 2.26. The lowest BCUT2D eigenvalue weighted by Crippen LogP contribution is -2.37. The van der Waals surface area contributed by atoms with Crippen LogP contribution in [0.3, 0.4) is 0 Å². The molecule has 3 aromatic rings. The molecule has 1 atom stereocenters. The Kier molecular flexibility index (Phi) is 4.95. The van der Waals surface area contributed by atoms with E-state index in [1.807, 2.05) is 49.4 Å². The van der Waals surface area contributed by atoms with Crippen molar-refractivity contribution in [3.05, 3.63) is 82.5 Å². The molecule has 0 saturated heterocycles. The Hall–Kier alpha value is -3.74. The van der Waals surface area contributed by atoms with E-state index in [-0.39, 0.29) is 11.6 Å². The molecule has 7 heteroatoms. The Bertz CT molecular complexity index is 1130. The Labute approximate surface area is 167 Å². The topological polar surface area (TPSA) is 96.6 Å². The molecule has 0 bridgehead atoms. The molecule has 1 aliphatic rings. The average molecular weight is 388 g/mol. The summed E-state index contributed by atoms with van der Waals surface area (Å²) in [4.78, 5) is 28.0. The number of aromatic nitrogens is 2. The summed E-state index contributed by atoms with van der Waals surface area (Å²) >= 11 is 0. The molecule has 2 N–H and O–H groups in total. The zero-order valence-electron chi connectivity index (χ0n) is 15.9. The summed E-state index contributed by atoms with van der Waals surface area (Å²) < 4.78 is 1.42. The molecule has 0 radical (unpaired) electrons. The highest BCUT2D eigenvalue weighted by atomic mass is 16.4. The normalized spacial score (nSPS) is 17.0. The van der Waals surface area contributed by atoms with Crippen LogP contribution in [0.5, 0.6) is 0 Å².